The van der Waals surface area contributed by atoms with Crippen LogP contribution in [-0.4, -0.2) is 23.2 Å². The van der Waals surface area contributed by atoms with Crippen molar-refractivity contribution in [3.63, 3.8) is 0 Å². The Kier molecular flexibility index (Phi) is 5.11. The van der Waals surface area contributed by atoms with Gasteiger partial charge in [-0.05, 0) is 37.6 Å². The molecule has 1 aromatic carbocycles. The molecule has 0 spiro atoms. The molecule has 0 saturated heterocycles. The van der Waals surface area contributed by atoms with Crippen molar-refractivity contribution < 1.29 is 4.79 Å². The number of amides is 1. The van der Waals surface area contributed by atoms with Gasteiger partial charge in [-0.3, -0.25) is 4.79 Å². The summed E-state index contributed by atoms with van der Waals surface area (Å²) in [5, 5.41) is 3.43. The monoisotopic (exact) mass is 293 g/mol. The van der Waals surface area contributed by atoms with Crippen molar-refractivity contribution in [2.24, 2.45) is 0 Å². The summed E-state index contributed by atoms with van der Waals surface area (Å²) in [6.45, 7) is 3.63. The van der Waals surface area contributed by atoms with E-state index < -0.39 is 5.54 Å². The van der Waals surface area contributed by atoms with Crippen LogP contribution < -0.4 is 5.32 Å². The molecular weight excluding hydrogens is 280 g/mol. The maximum absolute atomic E-state index is 12.0. The molecule has 0 fully saturated rings. The third-order valence-corrected chi connectivity index (χ3v) is 3.85. The first-order valence-electron chi connectivity index (χ1n) is 5.12. The third-order valence-electron chi connectivity index (χ3n) is 2.44. The van der Waals surface area contributed by atoms with Gasteiger partial charge >= 0.3 is 0 Å². The van der Waals surface area contributed by atoms with Crippen LogP contribution >= 0.6 is 34.8 Å². The van der Waals surface area contributed by atoms with Crippen LogP contribution in [0.5, 0.6) is 0 Å². The third kappa shape index (κ3) is 3.77. The number of nitrogens with one attached hydrogen (secondary N) is 1. The lowest BCUT2D eigenvalue weighted by Crippen LogP contribution is -2.49. The molecule has 0 aliphatic heterocycles. The van der Waals surface area contributed by atoms with Crippen molar-refractivity contribution in [3.8, 4) is 0 Å². The minimum Gasteiger partial charge on any atom is -0.344 e. The molecule has 5 heteroatoms. The molecule has 1 aromatic rings. The molecule has 0 aliphatic rings. The Balaban J connectivity index is 2.90. The predicted molar refractivity (Wildman–Crippen MR) is 73.5 cm³/mol. The highest BCUT2D eigenvalue weighted by Gasteiger charge is 2.25. The van der Waals surface area contributed by atoms with Crippen molar-refractivity contribution in [3.05, 3.63) is 34.3 Å². The Morgan fingerprint density at radius 3 is 2.41 bits per heavy atom. The lowest BCUT2D eigenvalue weighted by Gasteiger charge is -2.26. The SMILES string of the molecule is Cc1cc(Cl)ccc1C(=O)NC(C)(CCl)CCl. The predicted octanol–water partition coefficient (Wildman–Crippen LogP) is 3.61. The van der Waals surface area contributed by atoms with Gasteiger partial charge in [0.15, 0.2) is 0 Å². The van der Waals surface area contributed by atoms with Gasteiger partial charge in [-0.15, -0.1) is 23.2 Å². The second kappa shape index (κ2) is 5.94. The van der Waals surface area contributed by atoms with Crippen molar-refractivity contribution in [2.75, 3.05) is 11.8 Å². The largest absolute Gasteiger partial charge is 0.344 e. The molecule has 0 bridgehead atoms. The topological polar surface area (TPSA) is 29.1 Å². The number of hydrogen-bond donors (Lipinski definition) is 1. The fourth-order valence-electron chi connectivity index (χ4n) is 1.33. The molecule has 1 rings (SSSR count). The average molecular weight is 295 g/mol. The molecule has 0 aromatic heterocycles. The standard InChI is InChI=1S/C12H14Cl3NO/c1-8-5-9(15)3-4-10(8)11(17)16-12(2,6-13)7-14/h3-5H,6-7H2,1-2H3,(H,16,17). The molecule has 0 aliphatic carbocycles. The Morgan fingerprint density at radius 2 is 1.94 bits per heavy atom. The lowest BCUT2D eigenvalue weighted by atomic mass is 10.0. The second-order valence-electron chi connectivity index (χ2n) is 4.24. The van der Waals surface area contributed by atoms with E-state index in [1.807, 2.05) is 6.92 Å². The first kappa shape index (κ1) is 14.6. The smallest absolute Gasteiger partial charge is 0.252 e. The van der Waals surface area contributed by atoms with E-state index in [4.69, 9.17) is 34.8 Å². The number of aryl methyl sites for hydroxylation is 1. The van der Waals surface area contributed by atoms with Crippen molar-refractivity contribution in [1.82, 2.24) is 5.32 Å². The van der Waals surface area contributed by atoms with E-state index >= 15 is 0 Å². The Labute approximate surface area is 116 Å². The number of carbonyl (C=O) groups excluding carboxylic acids is 1. The summed E-state index contributed by atoms with van der Waals surface area (Å²) in [5.74, 6) is 0.326. The molecular formula is C12H14Cl3NO. The molecule has 0 atom stereocenters. The molecule has 2 nitrogen and oxygen atoms in total. The normalized spacial score (nSPS) is 11.4. The van der Waals surface area contributed by atoms with Crippen molar-refractivity contribution in [1.29, 1.82) is 0 Å². The number of halogens is 3. The zero-order valence-electron chi connectivity index (χ0n) is 9.69. The van der Waals surface area contributed by atoms with Gasteiger partial charge in [0.1, 0.15) is 0 Å². The summed E-state index contributed by atoms with van der Waals surface area (Å²) in [4.78, 5) is 12.0. The van der Waals surface area contributed by atoms with E-state index in [2.05, 4.69) is 5.32 Å². The van der Waals surface area contributed by atoms with Gasteiger partial charge in [0.25, 0.3) is 5.91 Å². The zero-order valence-corrected chi connectivity index (χ0v) is 12.0. The first-order valence-corrected chi connectivity index (χ1v) is 6.57. The minimum atomic E-state index is -0.605. The van der Waals surface area contributed by atoms with Crippen LogP contribution in [0, 0.1) is 6.92 Å². The van der Waals surface area contributed by atoms with Gasteiger partial charge in [-0.1, -0.05) is 11.6 Å². The second-order valence-corrected chi connectivity index (χ2v) is 5.21. The van der Waals surface area contributed by atoms with E-state index in [9.17, 15) is 4.79 Å². The van der Waals surface area contributed by atoms with Gasteiger partial charge in [0, 0.05) is 22.3 Å². The van der Waals surface area contributed by atoms with Gasteiger partial charge in [-0.25, -0.2) is 0 Å². The number of alkyl halides is 2. The molecule has 94 valence electrons. The number of rotatable bonds is 4. The number of benzene rings is 1. The summed E-state index contributed by atoms with van der Waals surface area (Å²) in [5.41, 5.74) is 0.795. The molecule has 0 radical (unpaired) electrons. The average Bonchev–Trinajstić information content (AvgIpc) is 2.28. The van der Waals surface area contributed by atoms with Crippen molar-refractivity contribution in [2.45, 2.75) is 19.4 Å². The van der Waals surface area contributed by atoms with Gasteiger partial charge in [0.05, 0.1) is 5.54 Å². The van der Waals surface area contributed by atoms with Gasteiger partial charge in [-0.2, -0.15) is 0 Å². The molecule has 17 heavy (non-hydrogen) atoms. The van der Waals surface area contributed by atoms with Crippen LogP contribution in [0.1, 0.15) is 22.8 Å². The van der Waals surface area contributed by atoms with Crippen LogP contribution in [0.4, 0.5) is 0 Å². The molecule has 0 heterocycles. The lowest BCUT2D eigenvalue weighted by molar-refractivity contribution is 0.0921. The molecule has 0 unspecified atom stereocenters. The maximum Gasteiger partial charge on any atom is 0.252 e. The van der Waals surface area contributed by atoms with Crippen LogP contribution in [0.2, 0.25) is 5.02 Å². The first-order chi connectivity index (χ1) is 7.91. The summed E-state index contributed by atoms with van der Waals surface area (Å²) in [6, 6.07) is 5.12. The Morgan fingerprint density at radius 1 is 1.35 bits per heavy atom. The van der Waals surface area contributed by atoms with Crippen molar-refractivity contribution >= 4 is 40.7 Å². The van der Waals surface area contributed by atoms with Crippen LogP contribution in [0.3, 0.4) is 0 Å². The minimum absolute atomic E-state index is 0.192. The fraction of sp³-hybridized carbons (Fsp3) is 0.417. The highest BCUT2D eigenvalue weighted by Crippen LogP contribution is 2.17. The molecule has 1 amide bonds. The van der Waals surface area contributed by atoms with Crippen LogP contribution in [0.25, 0.3) is 0 Å². The molecule has 0 saturated carbocycles. The van der Waals surface area contributed by atoms with Gasteiger partial charge < -0.3 is 5.32 Å². The fourth-order valence-corrected chi connectivity index (χ4v) is 1.97. The van der Waals surface area contributed by atoms with Crippen LogP contribution in [-0.2, 0) is 0 Å². The van der Waals surface area contributed by atoms with E-state index in [-0.39, 0.29) is 17.7 Å². The highest BCUT2D eigenvalue weighted by atomic mass is 35.5. The Bertz CT molecular complexity index is 416. The van der Waals surface area contributed by atoms with E-state index in [1.54, 1.807) is 25.1 Å². The quantitative estimate of drug-likeness (QED) is 0.844. The summed E-state index contributed by atoms with van der Waals surface area (Å²) in [6.07, 6.45) is 0. The maximum atomic E-state index is 12.0. The number of hydrogen-bond acceptors (Lipinski definition) is 1. The van der Waals surface area contributed by atoms with Gasteiger partial charge in [0.2, 0.25) is 0 Å². The summed E-state index contributed by atoms with van der Waals surface area (Å²) in [7, 11) is 0. The highest BCUT2D eigenvalue weighted by molar-refractivity contribution is 6.30. The van der Waals surface area contributed by atoms with E-state index in [0.29, 0.717) is 10.6 Å². The summed E-state index contributed by atoms with van der Waals surface area (Å²) < 4.78 is 0. The summed E-state index contributed by atoms with van der Waals surface area (Å²) >= 11 is 17.4. The molecule has 1 N–H and O–H groups in total. The zero-order chi connectivity index (χ0) is 13.1. The van der Waals surface area contributed by atoms with E-state index in [0.717, 1.165) is 5.56 Å². The van der Waals surface area contributed by atoms with Crippen LogP contribution in [0.15, 0.2) is 18.2 Å². The number of carbonyl (C=O) groups is 1. The Hall–Kier alpha value is -0.440. The van der Waals surface area contributed by atoms with E-state index in [1.165, 1.54) is 0 Å².